The van der Waals surface area contributed by atoms with Crippen LogP contribution in [0.1, 0.15) is 32.6 Å². The molecule has 2 fully saturated rings. The van der Waals surface area contributed by atoms with Crippen LogP contribution < -0.4 is 15.5 Å². The van der Waals surface area contributed by atoms with Gasteiger partial charge in [0, 0.05) is 30.5 Å². The Bertz CT molecular complexity index is 488. The summed E-state index contributed by atoms with van der Waals surface area (Å²) in [7, 11) is 0. The summed E-state index contributed by atoms with van der Waals surface area (Å²) < 4.78 is 0. The maximum atomic E-state index is 11.7. The highest BCUT2D eigenvalue weighted by Gasteiger charge is 2.24. The zero-order valence-corrected chi connectivity index (χ0v) is 12.1. The van der Waals surface area contributed by atoms with Crippen LogP contribution in [0.2, 0.25) is 0 Å². The Hall–Kier alpha value is -1.71. The first kappa shape index (κ1) is 13.3. The molecule has 0 spiro atoms. The van der Waals surface area contributed by atoms with Crippen LogP contribution in [0.4, 0.5) is 16.2 Å². The number of anilines is 2. The second-order valence-corrected chi connectivity index (χ2v) is 5.86. The van der Waals surface area contributed by atoms with Gasteiger partial charge in [0.2, 0.25) is 0 Å². The number of carbonyl (C=O) groups excluding carboxylic acids is 1. The molecule has 2 aliphatic rings. The Balaban J connectivity index is 1.67. The number of nitrogens with one attached hydrogen (secondary N) is 2. The van der Waals surface area contributed by atoms with Crippen molar-refractivity contribution in [2.45, 2.75) is 38.6 Å². The molecule has 1 aromatic carbocycles. The maximum Gasteiger partial charge on any atom is 0.321 e. The molecule has 1 heterocycles. The van der Waals surface area contributed by atoms with Crippen LogP contribution in [0.3, 0.4) is 0 Å². The summed E-state index contributed by atoms with van der Waals surface area (Å²) in [6.07, 6.45) is 5.15. The number of amides is 2. The van der Waals surface area contributed by atoms with Crippen molar-refractivity contribution in [1.82, 2.24) is 5.32 Å². The Morgan fingerprint density at radius 1 is 1.40 bits per heavy atom. The Labute approximate surface area is 120 Å². The Morgan fingerprint density at radius 2 is 2.30 bits per heavy atom. The fourth-order valence-electron chi connectivity index (χ4n) is 3.29. The van der Waals surface area contributed by atoms with Crippen molar-refractivity contribution in [2.75, 3.05) is 23.3 Å². The van der Waals surface area contributed by atoms with Crippen LogP contribution in [0.5, 0.6) is 0 Å². The molecular weight excluding hydrogens is 250 g/mol. The van der Waals surface area contributed by atoms with Crippen LogP contribution in [-0.4, -0.2) is 25.2 Å². The van der Waals surface area contributed by atoms with E-state index in [9.17, 15) is 4.79 Å². The first-order chi connectivity index (χ1) is 9.76. The molecule has 1 saturated heterocycles. The molecule has 1 aliphatic heterocycles. The van der Waals surface area contributed by atoms with Crippen LogP contribution in [0.25, 0.3) is 0 Å². The number of hydrogen-bond acceptors (Lipinski definition) is 2. The normalized spacial score (nSPS) is 25.9. The fraction of sp³-hybridized carbons (Fsp3) is 0.562. The largest absolute Gasteiger partial charge is 0.382 e. The summed E-state index contributed by atoms with van der Waals surface area (Å²) >= 11 is 0. The smallest absolute Gasteiger partial charge is 0.321 e. The van der Waals surface area contributed by atoms with Gasteiger partial charge in [0.05, 0.1) is 0 Å². The lowest BCUT2D eigenvalue weighted by Gasteiger charge is -2.18. The summed E-state index contributed by atoms with van der Waals surface area (Å²) in [5, 5.41) is 6.47. The summed E-state index contributed by atoms with van der Waals surface area (Å²) in [5.41, 5.74) is 2.11. The van der Waals surface area contributed by atoms with Gasteiger partial charge in [0.15, 0.2) is 0 Å². The predicted octanol–water partition coefficient (Wildman–Crippen LogP) is 3.21. The van der Waals surface area contributed by atoms with Gasteiger partial charge in [-0.15, -0.1) is 0 Å². The van der Waals surface area contributed by atoms with E-state index in [0.29, 0.717) is 6.04 Å². The number of carbonyl (C=O) groups is 1. The van der Waals surface area contributed by atoms with Crippen LogP contribution in [0.15, 0.2) is 24.3 Å². The molecule has 4 heteroatoms. The average Bonchev–Trinajstić information content (AvgIpc) is 3.08. The van der Waals surface area contributed by atoms with Crippen LogP contribution >= 0.6 is 0 Å². The zero-order chi connectivity index (χ0) is 13.9. The van der Waals surface area contributed by atoms with E-state index in [-0.39, 0.29) is 6.03 Å². The molecule has 2 amide bonds. The minimum absolute atomic E-state index is 0.00839. The van der Waals surface area contributed by atoms with Crippen molar-refractivity contribution in [3.05, 3.63) is 24.3 Å². The van der Waals surface area contributed by atoms with E-state index < -0.39 is 0 Å². The van der Waals surface area contributed by atoms with E-state index in [0.717, 1.165) is 30.4 Å². The first-order valence-electron chi connectivity index (χ1n) is 7.68. The molecule has 108 valence electrons. The number of urea groups is 1. The standard InChI is InChI=1S/C16H23N3O/c1-2-12-6-7-14(10-12)18-13-4-3-5-15(11-13)19-9-8-17-16(19)20/h3-5,11-12,14,18H,2,6-10H2,1H3,(H,17,20). The number of benzene rings is 1. The molecule has 20 heavy (non-hydrogen) atoms. The van der Waals surface area contributed by atoms with Gasteiger partial charge in [0.25, 0.3) is 0 Å². The van der Waals surface area contributed by atoms with Gasteiger partial charge in [-0.05, 0) is 43.4 Å². The second-order valence-electron chi connectivity index (χ2n) is 5.86. The lowest BCUT2D eigenvalue weighted by Crippen LogP contribution is -2.27. The van der Waals surface area contributed by atoms with Gasteiger partial charge in [-0.2, -0.15) is 0 Å². The maximum absolute atomic E-state index is 11.7. The Kier molecular flexibility index (Phi) is 3.81. The summed E-state index contributed by atoms with van der Waals surface area (Å²) in [5.74, 6) is 0.875. The highest BCUT2D eigenvalue weighted by atomic mass is 16.2. The van der Waals surface area contributed by atoms with Gasteiger partial charge >= 0.3 is 6.03 Å². The lowest BCUT2D eigenvalue weighted by molar-refractivity contribution is 0.252. The number of nitrogens with zero attached hydrogens (tertiary/aromatic N) is 1. The predicted molar refractivity (Wildman–Crippen MR) is 82.2 cm³/mol. The third kappa shape index (κ3) is 2.74. The van der Waals surface area contributed by atoms with Crippen molar-refractivity contribution in [2.24, 2.45) is 5.92 Å². The number of rotatable bonds is 4. The molecule has 0 aromatic heterocycles. The van der Waals surface area contributed by atoms with Crippen molar-refractivity contribution in [3.63, 3.8) is 0 Å². The molecule has 2 unspecified atom stereocenters. The van der Waals surface area contributed by atoms with Crippen molar-refractivity contribution in [3.8, 4) is 0 Å². The van der Waals surface area contributed by atoms with Gasteiger partial charge in [-0.3, -0.25) is 4.90 Å². The third-order valence-corrected chi connectivity index (χ3v) is 4.50. The monoisotopic (exact) mass is 273 g/mol. The third-order valence-electron chi connectivity index (χ3n) is 4.50. The van der Waals surface area contributed by atoms with E-state index in [1.54, 1.807) is 4.90 Å². The summed E-state index contributed by atoms with van der Waals surface area (Å²) in [6, 6.07) is 8.80. The van der Waals surface area contributed by atoms with Crippen molar-refractivity contribution >= 4 is 17.4 Å². The molecule has 4 nitrogen and oxygen atoms in total. The minimum Gasteiger partial charge on any atom is -0.382 e. The molecule has 2 N–H and O–H groups in total. The van der Waals surface area contributed by atoms with E-state index in [1.807, 2.05) is 12.1 Å². The molecule has 3 rings (SSSR count). The zero-order valence-electron chi connectivity index (χ0n) is 12.1. The minimum atomic E-state index is 0.00839. The molecule has 1 saturated carbocycles. The van der Waals surface area contributed by atoms with E-state index >= 15 is 0 Å². The summed E-state index contributed by atoms with van der Waals surface area (Å²) in [4.78, 5) is 13.5. The molecule has 2 atom stereocenters. The highest BCUT2D eigenvalue weighted by Crippen LogP contribution is 2.31. The Morgan fingerprint density at radius 3 is 3.00 bits per heavy atom. The SMILES string of the molecule is CCC1CCC(Nc2cccc(N3CCNC3=O)c2)C1. The van der Waals surface area contributed by atoms with Crippen molar-refractivity contribution in [1.29, 1.82) is 0 Å². The molecule has 1 aromatic rings. The molecule has 0 bridgehead atoms. The topological polar surface area (TPSA) is 44.4 Å². The van der Waals surface area contributed by atoms with Crippen LogP contribution in [-0.2, 0) is 0 Å². The summed E-state index contributed by atoms with van der Waals surface area (Å²) in [6.45, 7) is 3.76. The number of hydrogen-bond donors (Lipinski definition) is 2. The van der Waals surface area contributed by atoms with E-state index in [2.05, 4.69) is 29.7 Å². The van der Waals surface area contributed by atoms with Gasteiger partial charge in [-0.25, -0.2) is 4.79 Å². The van der Waals surface area contributed by atoms with Gasteiger partial charge < -0.3 is 10.6 Å². The fourth-order valence-corrected chi connectivity index (χ4v) is 3.29. The van der Waals surface area contributed by atoms with Gasteiger partial charge in [-0.1, -0.05) is 19.4 Å². The second kappa shape index (κ2) is 5.73. The lowest BCUT2D eigenvalue weighted by atomic mass is 10.1. The quantitative estimate of drug-likeness (QED) is 0.884. The molecular formula is C16H23N3O. The van der Waals surface area contributed by atoms with Gasteiger partial charge in [0.1, 0.15) is 0 Å². The van der Waals surface area contributed by atoms with E-state index in [4.69, 9.17) is 0 Å². The average molecular weight is 273 g/mol. The highest BCUT2D eigenvalue weighted by molar-refractivity contribution is 5.94. The van der Waals surface area contributed by atoms with E-state index in [1.165, 1.54) is 25.7 Å². The molecule has 0 radical (unpaired) electrons. The molecule has 1 aliphatic carbocycles. The van der Waals surface area contributed by atoms with Crippen molar-refractivity contribution < 1.29 is 4.79 Å². The first-order valence-corrected chi connectivity index (χ1v) is 7.68. The van der Waals surface area contributed by atoms with Crippen LogP contribution in [0, 0.1) is 5.92 Å².